The van der Waals surface area contributed by atoms with E-state index in [1.54, 1.807) is 6.07 Å². The molecule has 2 rings (SSSR count). The number of anilines is 1. The van der Waals surface area contributed by atoms with E-state index in [0.29, 0.717) is 17.5 Å². The van der Waals surface area contributed by atoms with Crippen molar-refractivity contribution in [1.82, 2.24) is 10.2 Å². The Hall–Kier alpha value is -2.01. The summed E-state index contributed by atoms with van der Waals surface area (Å²) in [6, 6.07) is 11.6. The van der Waals surface area contributed by atoms with Gasteiger partial charge in [0.2, 0.25) is 5.82 Å². The number of nitrogens with one attached hydrogen (secondary N) is 1. The summed E-state index contributed by atoms with van der Waals surface area (Å²) < 4.78 is 0. The number of hydrogen-bond donors (Lipinski definition) is 1. The summed E-state index contributed by atoms with van der Waals surface area (Å²) in [5.74, 6) is 0.446. The van der Waals surface area contributed by atoms with Crippen LogP contribution < -0.4 is 5.32 Å². The first-order valence-electron chi connectivity index (χ1n) is 5.98. The Bertz CT molecular complexity index is 556. The van der Waals surface area contributed by atoms with E-state index >= 15 is 0 Å². The molecule has 5 nitrogen and oxygen atoms in total. The van der Waals surface area contributed by atoms with Crippen molar-refractivity contribution in [2.24, 2.45) is 10.2 Å². The van der Waals surface area contributed by atoms with E-state index in [2.05, 4.69) is 25.7 Å². The molecule has 0 unspecified atom stereocenters. The van der Waals surface area contributed by atoms with Gasteiger partial charge in [-0.2, -0.15) is 5.11 Å². The first-order valence-corrected chi connectivity index (χ1v) is 6.36. The maximum absolute atomic E-state index is 5.80. The van der Waals surface area contributed by atoms with Gasteiger partial charge in [0.1, 0.15) is 0 Å². The smallest absolute Gasteiger partial charge is 0.219 e. The van der Waals surface area contributed by atoms with Gasteiger partial charge in [0, 0.05) is 12.6 Å². The maximum atomic E-state index is 5.80. The minimum absolute atomic E-state index is 0.331. The number of rotatable bonds is 5. The molecule has 0 atom stereocenters. The van der Waals surface area contributed by atoms with Gasteiger partial charge in [-0.15, -0.1) is 15.3 Å². The molecular formula is C13H14ClN5. The Kier molecular flexibility index (Phi) is 4.80. The predicted octanol–water partition coefficient (Wildman–Crippen LogP) is 3.85. The van der Waals surface area contributed by atoms with Crippen LogP contribution in [-0.2, 0) is 6.54 Å². The Balaban J connectivity index is 2.10. The lowest BCUT2D eigenvalue weighted by molar-refractivity contribution is 0.919. The molecule has 98 valence electrons. The van der Waals surface area contributed by atoms with Gasteiger partial charge in [-0.3, -0.25) is 0 Å². The third kappa shape index (κ3) is 3.99. The third-order valence-electron chi connectivity index (χ3n) is 2.37. The molecule has 6 heteroatoms. The van der Waals surface area contributed by atoms with Crippen LogP contribution in [0, 0.1) is 0 Å². The fraction of sp³-hybridized carbons (Fsp3) is 0.231. The molecular weight excluding hydrogens is 262 g/mol. The Morgan fingerprint density at radius 1 is 1.21 bits per heavy atom. The fourth-order valence-electron chi connectivity index (χ4n) is 1.52. The summed E-state index contributed by atoms with van der Waals surface area (Å²) in [6.07, 6.45) is 0. The van der Waals surface area contributed by atoms with Crippen LogP contribution in [0.1, 0.15) is 12.5 Å². The number of aromatic nitrogens is 2. The molecule has 0 aliphatic carbocycles. The van der Waals surface area contributed by atoms with E-state index in [9.17, 15) is 0 Å². The monoisotopic (exact) mass is 275 g/mol. The predicted molar refractivity (Wildman–Crippen MR) is 75.9 cm³/mol. The van der Waals surface area contributed by atoms with E-state index in [1.807, 2.05) is 37.3 Å². The van der Waals surface area contributed by atoms with Crippen LogP contribution in [0.4, 0.5) is 11.5 Å². The first-order chi connectivity index (χ1) is 9.29. The highest BCUT2D eigenvalue weighted by Gasteiger charge is 2.04. The van der Waals surface area contributed by atoms with Crippen molar-refractivity contribution in [2.45, 2.75) is 13.5 Å². The molecule has 0 aliphatic rings. The summed E-state index contributed by atoms with van der Waals surface area (Å²) in [6.45, 7) is 3.25. The van der Waals surface area contributed by atoms with Crippen molar-refractivity contribution in [3.8, 4) is 0 Å². The Morgan fingerprint density at radius 2 is 2.00 bits per heavy atom. The maximum Gasteiger partial charge on any atom is 0.219 e. The second-order valence-electron chi connectivity index (χ2n) is 3.82. The summed E-state index contributed by atoms with van der Waals surface area (Å²) in [5, 5.41) is 19.4. The molecule has 1 aromatic heterocycles. The normalized spacial score (nSPS) is 10.8. The summed E-state index contributed by atoms with van der Waals surface area (Å²) in [7, 11) is 0. The van der Waals surface area contributed by atoms with E-state index in [-0.39, 0.29) is 0 Å². The highest BCUT2D eigenvalue weighted by molar-refractivity contribution is 6.29. The first kappa shape index (κ1) is 13.4. The minimum Gasteiger partial charge on any atom is -0.382 e. The molecule has 0 radical (unpaired) electrons. The summed E-state index contributed by atoms with van der Waals surface area (Å²) >= 11 is 5.80. The van der Waals surface area contributed by atoms with E-state index in [0.717, 1.165) is 17.8 Å². The van der Waals surface area contributed by atoms with Crippen molar-refractivity contribution in [3.63, 3.8) is 0 Å². The molecule has 0 bridgehead atoms. The molecule has 2 aromatic rings. The van der Waals surface area contributed by atoms with Crippen LogP contribution in [-0.4, -0.2) is 16.7 Å². The molecule has 0 amide bonds. The van der Waals surface area contributed by atoms with Gasteiger partial charge in [-0.1, -0.05) is 41.9 Å². The fourth-order valence-corrected chi connectivity index (χ4v) is 1.67. The average molecular weight is 276 g/mol. The van der Waals surface area contributed by atoms with Crippen LogP contribution in [0.25, 0.3) is 0 Å². The Morgan fingerprint density at radius 3 is 2.74 bits per heavy atom. The van der Waals surface area contributed by atoms with Crippen LogP contribution in [0.15, 0.2) is 46.6 Å². The van der Waals surface area contributed by atoms with Gasteiger partial charge in [-0.05, 0) is 12.5 Å². The second kappa shape index (κ2) is 6.80. The van der Waals surface area contributed by atoms with Gasteiger partial charge in [0.05, 0.1) is 12.2 Å². The van der Waals surface area contributed by atoms with Crippen LogP contribution in [0.5, 0.6) is 0 Å². The van der Waals surface area contributed by atoms with Gasteiger partial charge in [0.25, 0.3) is 0 Å². The number of halogens is 1. The second-order valence-corrected chi connectivity index (χ2v) is 4.21. The zero-order valence-electron chi connectivity index (χ0n) is 10.5. The van der Waals surface area contributed by atoms with Crippen molar-refractivity contribution in [1.29, 1.82) is 0 Å². The zero-order valence-corrected chi connectivity index (χ0v) is 11.3. The average Bonchev–Trinajstić information content (AvgIpc) is 2.43. The van der Waals surface area contributed by atoms with Gasteiger partial charge in [-0.25, -0.2) is 0 Å². The zero-order chi connectivity index (χ0) is 13.5. The molecule has 0 saturated heterocycles. The molecule has 19 heavy (non-hydrogen) atoms. The van der Waals surface area contributed by atoms with Crippen molar-refractivity contribution in [3.05, 3.63) is 47.1 Å². The molecule has 1 N–H and O–H groups in total. The van der Waals surface area contributed by atoms with E-state index < -0.39 is 0 Å². The highest BCUT2D eigenvalue weighted by atomic mass is 35.5. The number of benzene rings is 1. The lowest BCUT2D eigenvalue weighted by Crippen LogP contribution is -1.98. The standard InChI is InChI=1S/C13H14ClN5/c1-2-15-11-8-12(14)17-19-13(11)18-16-9-10-6-4-3-5-7-10/h3-8H,2,9H2,1H3,(H,15,17). The molecule has 0 saturated carbocycles. The van der Waals surface area contributed by atoms with Crippen molar-refractivity contribution in [2.75, 3.05) is 11.9 Å². The molecule has 0 spiro atoms. The van der Waals surface area contributed by atoms with Crippen LogP contribution in [0.3, 0.4) is 0 Å². The topological polar surface area (TPSA) is 62.5 Å². The minimum atomic E-state index is 0.331. The summed E-state index contributed by atoms with van der Waals surface area (Å²) in [4.78, 5) is 0. The van der Waals surface area contributed by atoms with E-state index in [4.69, 9.17) is 11.6 Å². The largest absolute Gasteiger partial charge is 0.382 e. The SMILES string of the molecule is CCNc1cc(Cl)nnc1N=NCc1ccccc1. The molecule has 1 heterocycles. The van der Waals surface area contributed by atoms with Crippen molar-refractivity contribution >= 4 is 23.1 Å². The number of hydrogen-bond acceptors (Lipinski definition) is 5. The molecule has 0 aliphatic heterocycles. The summed E-state index contributed by atoms with van der Waals surface area (Å²) in [5.41, 5.74) is 1.83. The Labute approximate surface area is 116 Å². The van der Waals surface area contributed by atoms with Gasteiger partial charge < -0.3 is 5.32 Å². The van der Waals surface area contributed by atoms with Crippen LogP contribution in [0.2, 0.25) is 5.15 Å². The van der Waals surface area contributed by atoms with Gasteiger partial charge in [0.15, 0.2) is 5.15 Å². The van der Waals surface area contributed by atoms with Gasteiger partial charge >= 0.3 is 0 Å². The molecule has 1 aromatic carbocycles. The molecule has 0 fully saturated rings. The highest BCUT2D eigenvalue weighted by Crippen LogP contribution is 2.24. The number of nitrogens with zero attached hydrogens (tertiary/aromatic N) is 4. The third-order valence-corrected chi connectivity index (χ3v) is 2.56. The lowest BCUT2D eigenvalue weighted by Gasteiger charge is -2.04. The lowest BCUT2D eigenvalue weighted by atomic mass is 10.2. The van der Waals surface area contributed by atoms with Crippen molar-refractivity contribution < 1.29 is 0 Å². The number of azo groups is 1. The van der Waals surface area contributed by atoms with E-state index in [1.165, 1.54) is 0 Å². The quantitative estimate of drug-likeness (QED) is 0.843. The van der Waals surface area contributed by atoms with Crippen LogP contribution >= 0.6 is 11.6 Å².